The van der Waals surface area contributed by atoms with E-state index in [0.29, 0.717) is 6.54 Å². The largest absolute Gasteiger partial charge is 0.497 e. The van der Waals surface area contributed by atoms with Gasteiger partial charge in [0.2, 0.25) is 0 Å². The van der Waals surface area contributed by atoms with Crippen molar-refractivity contribution in [1.82, 2.24) is 5.32 Å². The highest BCUT2D eigenvalue weighted by molar-refractivity contribution is 7.99. The predicted octanol–water partition coefficient (Wildman–Crippen LogP) is 2.71. The van der Waals surface area contributed by atoms with Gasteiger partial charge in [-0.3, -0.25) is 0 Å². The van der Waals surface area contributed by atoms with Crippen LogP contribution in [-0.4, -0.2) is 33.3 Å². The number of benzene rings is 2. The van der Waals surface area contributed by atoms with E-state index >= 15 is 0 Å². The fourth-order valence-corrected chi connectivity index (χ4v) is 3.65. The molecule has 5 heteroatoms. The molecular weight excluding hydrogens is 306 g/mol. The van der Waals surface area contributed by atoms with E-state index in [1.165, 1.54) is 21.0 Å². The Balaban J connectivity index is 1.87. The Bertz CT molecular complexity index is 639. The summed E-state index contributed by atoms with van der Waals surface area (Å²) < 4.78 is 5.23. The van der Waals surface area contributed by atoms with Crippen molar-refractivity contribution < 1.29 is 4.74 Å². The molecule has 1 saturated heterocycles. The first-order valence-electron chi connectivity index (χ1n) is 7.90. The highest BCUT2D eigenvalue weighted by Gasteiger charge is 2.15. The topological polar surface area (TPSA) is 50.5 Å². The number of nitrogens with two attached hydrogens (primary N) is 1. The first kappa shape index (κ1) is 16.2. The van der Waals surface area contributed by atoms with Gasteiger partial charge in [-0.2, -0.15) is 0 Å². The minimum absolute atomic E-state index is 0.576. The number of anilines is 1. The summed E-state index contributed by atoms with van der Waals surface area (Å²) >= 11 is 1.79. The fourth-order valence-electron chi connectivity index (χ4n) is 2.70. The molecule has 122 valence electrons. The molecule has 2 aromatic rings. The summed E-state index contributed by atoms with van der Waals surface area (Å²) in [4.78, 5) is 4.93. The minimum Gasteiger partial charge on any atom is -0.497 e. The highest BCUT2D eigenvalue weighted by Crippen LogP contribution is 2.36. The minimum atomic E-state index is 0.576. The number of hydrogen-bond donors (Lipinski definition) is 2. The molecule has 0 atom stereocenters. The molecule has 0 saturated carbocycles. The molecule has 1 heterocycles. The van der Waals surface area contributed by atoms with Crippen LogP contribution in [0.1, 0.15) is 5.56 Å². The molecule has 0 bridgehead atoms. The van der Waals surface area contributed by atoms with Gasteiger partial charge in [0.15, 0.2) is 0 Å². The van der Waals surface area contributed by atoms with Gasteiger partial charge in [-0.25, -0.2) is 0 Å². The molecule has 3 N–H and O–H groups in total. The predicted molar refractivity (Wildman–Crippen MR) is 96.5 cm³/mol. The van der Waals surface area contributed by atoms with Gasteiger partial charge in [0.25, 0.3) is 0 Å². The number of ether oxygens (including phenoxy) is 1. The second-order valence-corrected chi connectivity index (χ2v) is 6.64. The second kappa shape index (κ2) is 7.73. The SMILES string of the molecule is COc1ccc(Sc2ccc(CN)cc2N2CCNCC2)cc1. The van der Waals surface area contributed by atoms with Crippen molar-refractivity contribution in [2.45, 2.75) is 16.3 Å². The van der Waals surface area contributed by atoms with Crippen LogP contribution in [0, 0.1) is 0 Å². The monoisotopic (exact) mass is 329 g/mol. The van der Waals surface area contributed by atoms with E-state index < -0.39 is 0 Å². The number of nitrogens with one attached hydrogen (secondary N) is 1. The van der Waals surface area contributed by atoms with Gasteiger partial charge in [0.05, 0.1) is 12.8 Å². The van der Waals surface area contributed by atoms with E-state index in [9.17, 15) is 0 Å². The lowest BCUT2D eigenvalue weighted by atomic mass is 10.1. The lowest BCUT2D eigenvalue weighted by Crippen LogP contribution is -2.43. The smallest absolute Gasteiger partial charge is 0.118 e. The van der Waals surface area contributed by atoms with Crippen molar-refractivity contribution in [3.05, 3.63) is 48.0 Å². The van der Waals surface area contributed by atoms with Crippen molar-refractivity contribution >= 4 is 17.4 Å². The van der Waals surface area contributed by atoms with Crippen molar-refractivity contribution in [2.75, 3.05) is 38.2 Å². The first-order chi connectivity index (χ1) is 11.3. The van der Waals surface area contributed by atoms with E-state index in [0.717, 1.165) is 31.9 Å². The van der Waals surface area contributed by atoms with Gasteiger partial charge in [0, 0.05) is 42.5 Å². The quantitative estimate of drug-likeness (QED) is 0.883. The number of piperazine rings is 1. The van der Waals surface area contributed by atoms with Gasteiger partial charge in [-0.1, -0.05) is 17.8 Å². The number of nitrogens with zero attached hydrogens (tertiary/aromatic N) is 1. The third-order valence-electron chi connectivity index (χ3n) is 4.00. The van der Waals surface area contributed by atoms with Crippen LogP contribution in [0.5, 0.6) is 5.75 Å². The summed E-state index contributed by atoms with van der Waals surface area (Å²) in [7, 11) is 1.69. The molecule has 1 aliphatic rings. The van der Waals surface area contributed by atoms with Gasteiger partial charge in [0.1, 0.15) is 5.75 Å². The van der Waals surface area contributed by atoms with Crippen molar-refractivity contribution in [1.29, 1.82) is 0 Å². The van der Waals surface area contributed by atoms with Crippen molar-refractivity contribution in [2.24, 2.45) is 5.73 Å². The molecular formula is C18H23N3OS. The van der Waals surface area contributed by atoms with Crippen LogP contribution in [0.25, 0.3) is 0 Å². The van der Waals surface area contributed by atoms with Crippen LogP contribution in [0.15, 0.2) is 52.3 Å². The summed E-state index contributed by atoms with van der Waals surface area (Å²) in [6.07, 6.45) is 0. The van der Waals surface area contributed by atoms with Crippen LogP contribution < -0.4 is 20.7 Å². The standard InChI is InChI=1S/C18H23N3OS/c1-22-15-3-5-16(6-4-15)23-18-7-2-14(13-19)12-17(18)21-10-8-20-9-11-21/h2-7,12,20H,8-11,13,19H2,1H3. The van der Waals surface area contributed by atoms with Crippen LogP contribution >= 0.6 is 11.8 Å². The molecule has 23 heavy (non-hydrogen) atoms. The number of hydrogen-bond acceptors (Lipinski definition) is 5. The van der Waals surface area contributed by atoms with Gasteiger partial charge < -0.3 is 20.7 Å². The first-order valence-corrected chi connectivity index (χ1v) is 8.72. The summed E-state index contributed by atoms with van der Waals surface area (Å²) in [5, 5.41) is 3.41. The van der Waals surface area contributed by atoms with Crippen LogP contribution in [0.3, 0.4) is 0 Å². The Hall–Kier alpha value is -1.69. The zero-order valence-corrected chi connectivity index (χ0v) is 14.2. The van der Waals surface area contributed by atoms with Crippen LogP contribution in [0.2, 0.25) is 0 Å². The van der Waals surface area contributed by atoms with Gasteiger partial charge in [-0.15, -0.1) is 0 Å². The van der Waals surface area contributed by atoms with Gasteiger partial charge in [-0.05, 0) is 42.0 Å². The second-order valence-electron chi connectivity index (χ2n) is 5.52. The molecule has 0 aliphatic carbocycles. The summed E-state index contributed by atoms with van der Waals surface area (Å²) in [6.45, 7) is 4.69. The zero-order valence-electron chi connectivity index (χ0n) is 13.4. The Morgan fingerprint density at radius 1 is 1.13 bits per heavy atom. The molecule has 0 amide bonds. The Labute approximate surface area is 142 Å². The fraction of sp³-hybridized carbons (Fsp3) is 0.333. The van der Waals surface area contributed by atoms with E-state index in [1.807, 2.05) is 12.1 Å². The molecule has 0 radical (unpaired) electrons. The van der Waals surface area contributed by atoms with E-state index in [-0.39, 0.29) is 0 Å². The summed E-state index contributed by atoms with van der Waals surface area (Å²) in [5.41, 5.74) is 8.30. The Kier molecular flexibility index (Phi) is 5.43. The molecule has 0 aromatic heterocycles. The highest BCUT2D eigenvalue weighted by atomic mass is 32.2. The molecule has 4 nitrogen and oxygen atoms in total. The third kappa shape index (κ3) is 3.99. The van der Waals surface area contributed by atoms with Crippen LogP contribution in [0.4, 0.5) is 5.69 Å². The molecule has 0 unspecified atom stereocenters. The maximum absolute atomic E-state index is 5.83. The van der Waals surface area contributed by atoms with E-state index in [2.05, 4.69) is 40.5 Å². The van der Waals surface area contributed by atoms with E-state index in [1.54, 1.807) is 18.9 Å². The maximum Gasteiger partial charge on any atom is 0.118 e. The van der Waals surface area contributed by atoms with Crippen molar-refractivity contribution in [3.63, 3.8) is 0 Å². The lowest BCUT2D eigenvalue weighted by Gasteiger charge is -2.31. The molecule has 1 aliphatic heterocycles. The number of rotatable bonds is 5. The normalized spacial score (nSPS) is 14.8. The van der Waals surface area contributed by atoms with Crippen molar-refractivity contribution in [3.8, 4) is 5.75 Å². The average molecular weight is 329 g/mol. The van der Waals surface area contributed by atoms with Gasteiger partial charge >= 0.3 is 0 Å². The average Bonchev–Trinajstić information content (AvgIpc) is 2.63. The summed E-state index contributed by atoms with van der Waals surface area (Å²) in [6, 6.07) is 14.7. The molecule has 2 aromatic carbocycles. The number of methoxy groups -OCH3 is 1. The zero-order chi connectivity index (χ0) is 16.1. The summed E-state index contributed by atoms with van der Waals surface area (Å²) in [5.74, 6) is 0.884. The molecule has 1 fully saturated rings. The lowest BCUT2D eigenvalue weighted by molar-refractivity contribution is 0.414. The molecule has 0 spiro atoms. The Morgan fingerprint density at radius 3 is 2.52 bits per heavy atom. The maximum atomic E-state index is 5.83. The van der Waals surface area contributed by atoms with Crippen LogP contribution in [-0.2, 0) is 6.54 Å². The Morgan fingerprint density at radius 2 is 1.87 bits per heavy atom. The van der Waals surface area contributed by atoms with E-state index in [4.69, 9.17) is 10.5 Å². The third-order valence-corrected chi connectivity index (χ3v) is 5.08. The molecule has 3 rings (SSSR count).